The highest BCUT2D eigenvalue weighted by molar-refractivity contribution is 7.14. The van der Waals surface area contributed by atoms with Crippen LogP contribution in [0.3, 0.4) is 0 Å². The Balaban J connectivity index is 1.54. The summed E-state index contributed by atoms with van der Waals surface area (Å²) in [6, 6.07) is 15.4. The summed E-state index contributed by atoms with van der Waals surface area (Å²) in [4.78, 5) is 23.2. The van der Waals surface area contributed by atoms with Crippen molar-refractivity contribution in [2.45, 2.75) is 33.0 Å². The van der Waals surface area contributed by atoms with Gasteiger partial charge in [0.05, 0.1) is 13.0 Å². The molecule has 1 heterocycles. The molecule has 0 saturated carbocycles. The van der Waals surface area contributed by atoms with E-state index in [1.54, 1.807) is 6.92 Å². The third kappa shape index (κ3) is 6.84. The Morgan fingerprint density at radius 2 is 1.61 bits per heavy atom. The molecule has 1 unspecified atom stereocenters. The molecule has 0 radical (unpaired) electrons. The number of nitrogens with two attached hydrogens (primary N) is 1. The molecule has 9 nitrogen and oxygen atoms in total. The molecule has 2 aromatic carbocycles. The van der Waals surface area contributed by atoms with Gasteiger partial charge >= 0.3 is 12.1 Å². The van der Waals surface area contributed by atoms with Crippen LogP contribution in [0.5, 0.6) is 0 Å². The summed E-state index contributed by atoms with van der Waals surface area (Å²) in [5, 5.41) is 17.3. The SMILES string of the molecule is CCOC(=O)OC(C)OC(=O)CCc1nnc(-c2ccc(-c3ccc(C(=N)N)cc3)cc2)s1. The number of carbonyl (C=O) groups is 2. The summed E-state index contributed by atoms with van der Waals surface area (Å²) in [7, 11) is 0. The molecule has 0 aliphatic rings. The number of aromatic nitrogens is 2. The maximum Gasteiger partial charge on any atom is 0.511 e. The second-order valence-electron chi connectivity index (χ2n) is 6.93. The van der Waals surface area contributed by atoms with Crippen molar-refractivity contribution in [3.63, 3.8) is 0 Å². The lowest BCUT2D eigenvalue weighted by molar-refractivity contribution is -0.167. The van der Waals surface area contributed by atoms with E-state index in [9.17, 15) is 9.59 Å². The molecule has 0 amide bonds. The molecule has 172 valence electrons. The molecule has 10 heteroatoms. The lowest BCUT2D eigenvalue weighted by Crippen LogP contribution is -2.22. The molecule has 3 aromatic rings. The van der Waals surface area contributed by atoms with Crippen LogP contribution >= 0.6 is 11.3 Å². The lowest BCUT2D eigenvalue weighted by atomic mass is 10.0. The van der Waals surface area contributed by atoms with E-state index in [0.29, 0.717) is 17.0 Å². The van der Waals surface area contributed by atoms with E-state index in [2.05, 4.69) is 14.9 Å². The van der Waals surface area contributed by atoms with Crippen molar-refractivity contribution < 1.29 is 23.8 Å². The molecular formula is C23H24N4O5S. The van der Waals surface area contributed by atoms with Crippen LogP contribution in [0, 0.1) is 5.41 Å². The number of nitrogen functional groups attached to an aromatic ring is 1. The number of nitrogens with zero attached hydrogens (tertiary/aromatic N) is 2. The highest BCUT2D eigenvalue weighted by Gasteiger charge is 2.16. The molecule has 1 aromatic heterocycles. The molecule has 0 fully saturated rings. The van der Waals surface area contributed by atoms with Crippen molar-refractivity contribution in [2.24, 2.45) is 5.73 Å². The van der Waals surface area contributed by atoms with Gasteiger partial charge in [0.2, 0.25) is 6.29 Å². The van der Waals surface area contributed by atoms with E-state index in [-0.39, 0.29) is 18.9 Å². The quantitative estimate of drug-likeness (QED) is 0.207. The van der Waals surface area contributed by atoms with Gasteiger partial charge in [-0.25, -0.2) is 4.79 Å². The van der Waals surface area contributed by atoms with E-state index < -0.39 is 18.4 Å². The summed E-state index contributed by atoms with van der Waals surface area (Å²) < 4.78 is 14.5. The Morgan fingerprint density at radius 3 is 2.21 bits per heavy atom. The molecule has 0 bridgehead atoms. The highest BCUT2D eigenvalue weighted by atomic mass is 32.1. The van der Waals surface area contributed by atoms with Gasteiger partial charge in [0.25, 0.3) is 0 Å². The lowest BCUT2D eigenvalue weighted by Gasteiger charge is -2.13. The Hall–Kier alpha value is -3.79. The number of ether oxygens (including phenoxy) is 3. The molecule has 0 spiro atoms. The number of aryl methyl sites for hydroxylation is 1. The first kappa shape index (κ1) is 23.9. The average molecular weight is 469 g/mol. The number of rotatable bonds is 9. The molecule has 1 atom stereocenters. The van der Waals surface area contributed by atoms with Gasteiger partial charge in [0, 0.05) is 24.5 Å². The standard InChI is InChI=1S/C23H24N4O5S/c1-3-30-23(29)32-14(2)31-20(28)13-12-19-26-27-22(33-19)18-10-6-16(7-11-18)15-4-8-17(9-5-15)21(24)25/h4-11,14H,3,12-13H2,1-2H3,(H3,24,25). The molecular weight excluding hydrogens is 444 g/mol. The molecule has 0 aliphatic carbocycles. The second kappa shape index (κ2) is 11.2. The van der Waals surface area contributed by atoms with Crippen molar-refractivity contribution in [2.75, 3.05) is 6.61 Å². The number of nitrogens with one attached hydrogen (secondary N) is 1. The van der Waals surface area contributed by atoms with Crippen molar-refractivity contribution in [3.8, 4) is 21.7 Å². The minimum absolute atomic E-state index is 0.0387. The first-order valence-electron chi connectivity index (χ1n) is 10.3. The van der Waals surface area contributed by atoms with Crippen LogP contribution in [0.15, 0.2) is 48.5 Å². The first-order valence-corrected chi connectivity index (χ1v) is 11.1. The van der Waals surface area contributed by atoms with Crippen molar-refractivity contribution >= 4 is 29.3 Å². The number of hydrogen-bond acceptors (Lipinski definition) is 9. The van der Waals surface area contributed by atoms with Gasteiger partial charge in [0.15, 0.2) is 0 Å². The van der Waals surface area contributed by atoms with Crippen LogP contribution in [-0.2, 0) is 25.4 Å². The van der Waals surface area contributed by atoms with Crippen LogP contribution < -0.4 is 5.73 Å². The van der Waals surface area contributed by atoms with Gasteiger partial charge in [-0.1, -0.05) is 59.9 Å². The van der Waals surface area contributed by atoms with Crippen LogP contribution in [0.4, 0.5) is 4.79 Å². The first-order chi connectivity index (χ1) is 15.9. The number of carbonyl (C=O) groups excluding carboxylic acids is 2. The molecule has 0 aliphatic heterocycles. The topological polar surface area (TPSA) is 137 Å². The van der Waals surface area contributed by atoms with Crippen LogP contribution in [0.2, 0.25) is 0 Å². The summed E-state index contributed by atoms with van der Waals surface area (Å²) in [5.41, 5.74) is 9.15. The fraction of sp³-hybridized carbons (Fsp3) is 0.261. The summed E-state index contributed by atoms with van der Waals surface area (Å²) in [6.07, 6.45) is -1.46. The zero-order valence-corrected chi connectivity index (χ0v) is 19.1. The highest BCUT2D eigenvalue weighted by Crippen LogP contribution is 2.27. The van der Waals surface area contributed by atoms with Crippen LogP contribution in [-0.4, -0.2) is 41.1 Å². The number of esters is 1. The minimum atomic E-state index is -1.03. The van der Waals surface area contributed by atoms with Gasteiger partial charge in [-0.2, -0.15) is 0 Å². The molecule has 33 heavy (non-hydrogen) atoms. The zero-order valence-electron chi connectivity index (χ0n) is 18.2. The Kier molecular flexibility index (Phi) is 8.09. The van der Waals surface area contributed by atoms with Crippen LogP contribution in [0.1, 0.15) is 30.8 Å². The smallest absolute Gasteiger partial charge is 0.435 e. The van der Waals surface area contributed by atoms with Gasteiger partial charge in [-0.05, 0) is 18.1 Å². The third-order valence-electron chi connectivity index (χ3n) is 4.49. The number of amidine groups is 1. The zero-order chi connectivity index (χ0) is 23.8. The minimum Gasteiger partial charge on any atom is -0.435 e. The third-order valence-corrected chi connectivity index (χ3v) is 5.52. The summed E-state index contributed by atoms with van der Waals surface area (Å²) >= 11 is 1.40. The maximum absolute atomic E-state index is 12.0. The summed E-state index contributed by atoms with van der Waals surface area (Å²) in [6.45, 7) is 3.27. The van der Waals surface area contributed by atoms with E-state index in [4.69, 9.17) is 20.6 Å². The van der Waals surface area contributed by atoms with Crippen molar-refractivity contribution in [3.05, 3.63) is 59.1 Å². The van der Waals surface area contributed by atoms with E-state index in [1.165, 1.54) is 18.3 Å². The van der Waals surface area contributed by atoms with E-state index in [1.807, 2.05) is 48.5 Å². The Bertz CT molecular complexity index is 1110. The summed E-state index contributed by atoms with van der Waals surface area (Å²) in [5.74, 6) is -0.472. The van der Waals surface area contributed by atoms with Crippen molar-refractivity contribution in [1.29, 1.82) is 5.41 Å². The predicted octanol–water partition coefficient (Wildman–Crippen LogP) is 4.15. The number of hydrogen-bond donors (Lipinski definition) is 2. The molecule has 3 rings (SSSR count). The van der Waals surface area contributed by atoms with Gasteiger partial charge in [0.1, 0.15) is 15.9 Å². The molecule has 3 N–H and O–H groups in total. The fourth-order valence-corrected chi connectivity index (χ4v) is 3.73. The Morgan fingerprint density at radius 1 is 1.00 bits per heavy atom. The molecule has 0 saturated heterocycles. The number of benzene rings is 2. The average Bonchev–Trinajstić information content (AvgIpc) is 3.27. The largest absolute Gasteiger partial charge is 0.511 e. The van der Waals surface area contributed by atoms with Crippen LogP contribution in [0.25, 0.3) is 21.7 Å². The van der Waals surface area contributed by atoms with Gasteiger partial charge in [-0.15, -0.1) is 10.2 Å². The van der Waals surface area contributed by atoms with Gasteiger partial charge < -0.3 is 19.9 Å². The predicted molar refractivity (Wildman–Crippen MR) is 124 cm³/mol. The Labute approximate surface area is 195 Å². The van der Waals surface area contributed by atoms with Gasteiger partial charge in [-0.3, -0.25) is 10.2 Å². The second-order valence-corrected chi connectivity index (χ2v) is 7.99. The fourth-order valence-electron chi connectivity index (χ4n) is 2.88. The normalized spacial score (nSPS) is 11.5. The van der Waals surface area contributed by atoms with Crippen molar-refractivity contribution in [1.82, 2.24) is 10.2 Å². The van der Waals surface area contributed by atoms with E-state index in [0.717, 1.165) is 21.7 Å². The van der Waals surface area contributed by atoms with E-state index >= 15 is 0 Å². The maximum atomic E-state index is 12.0. The monoisotopic (exact) mass is 468 g/mol.